The summed E-state index contributed by atoms with van der Waals surface area (Å²) in [5.74, 6) is 0. The SMILES string of the molecule is Clc1c(Cl)[n+](Cc2ccc3cc4ccccc4cc3c2)cn1Cc1ccc2cc3ccccc3cc2c1.[Br-]. The molecule has 1 heterocycles. The van der Waals surface area contributed by atoms with E-state index in [0.717, 1.165) is 0 Å². The molecule has 5 heteroatoms. The second kappa shape index (κ2) is 10.1. The minimum absolute atomic E-state index is 0. The predicted molar refractivity (Wildman–Crippen MR) is 156 cm³/mol. The monoisotopic (exact) mass is 596 g/mol. The van der Waals surface area contributed by atoms with Crippen molar-refractivity contribution in [2.75, 3.05) is 0 Å². The van der Waals surface area contributed by atoms with Crippen molar-refractivity contribution >= 4 is 66.3 Å². The quantitative estimate of drug-likeness (QED) is 0.179. The number of rotatable bonds is 4. The minimum atomic E-state index is 0. The highest BCUT2D eigenvalue weighted by Crippen LogP contribution is 2.27. The summed E-state index contributed by atoms with van der Waals surface area (Å²) in [6.07, 6.45) is 2.01. The van der Waals surface area contributed by atoms with Gasteiger partial charge in [-0.25, -0.2) is 9.13 Å². The molecule has 0 saturated heterocycles. The molecule has 7 aromatic rings. The third-order valence-electron chi connectivity index (χ3n) is 7.20. The second-order valence-electron chi connectivity index (χ2n) is 9.71. The maximum Gasteiger partial charge on any atom is 0.255 e. The Hall–Kier alpha value is -3.37. The lowest BCUT2D eigenvalue weighted by atomic mass is 10.0. The van der Waals surface area contributed by atoms with Gasteiger partial charge in [0.2, 0.25) is 6.33 Å². The highest BCUT2D eigenvalue weighted by atomic mass is 79.9. The van der Waals surface area contributed by atoms with Gasteiger partial charge >= 0.3 is 0 Å². The minimum Gasteiger partial charge on any atom is -1.00 e. The van der Waals surface area contributed by atoms with E-state index in [1.165, 1.54) is 54.2 Å². The lowest BCUT2D eigenvalue weighted by molar-refractivity contribution is -0.685. The van der Waals surface area contributed by atoms with Crippen LogP contribution in [0.15, 0.2) is 116 Å². The Morgan fingerprint density at radius 1 is 0.526 bits per heavy atom. The van der Waals surface area contributed by atoms with Gasteiger partial charge in [-0.1, -0.05) is 72.8 Å². The van der Waals surface area contributed by atoms with Gasteiger partial charge in [0.05, 0.1) is 0 Å². The summed E-state index contributed by atoms with van der Waals surface area (Å²) in [6, 6.07) is 39.1. The molecule has 0 bridgehead atoms. The predicted octanol–water partition coefficient (Wildman–Crippen LogP) is 5.80. The lowest BCUT2D eigenvalue weighted by Gasteiger charge is -2.05. The molecule has 0 aliphatic heterocycles. The molecular weight excluding hydrogens is 575 g/mol. The molecule has 6 aromatic carbocycles. The van der Waals surface area contributed by atoms with Gasteiger partial charge in [0, 0.05) is 0 Å². The molecule has 0 aliphatic rings. The van der Waals surface area contributed by atoms with Crippen LogP contribution in [0.5, 0.6) is 0 Å². The van der Waals surface area contributed by atoms with E-state index in [4.69, 9.17) is 23.2 Å². The van der Waals surface area contributed by atoms with Crippen LogP contribution in [0.3, 0.4) is 0 Å². The van der Waals surface area contributed by atoms with E-state index in [2.05, 4.69) is 109 Å². The Morgan fingerprint density at radius 3 is 1.53 bits per heavy atom. The molecule has 0 atom stereocenters. The number of halogens is 3. The summed E-state index contributed by atoms with van der Waals surface area (Å²) in [5, 5.41) is 11.0. The van der Waals surface area contributed by atoms with Gasteiger partial charge in [0.15, 0.2) is 0 Å². The van der Waals surface area contributed by atoms with Gasteiger partial charge in [-0.3, -0.25) is 0 Å². The number of hydrogen-bond acceptors (Lipinski definition) is 0. The van der Waals surface area contributed by atoms with Crippen molar-refractivity contribution in [3.63, 3.8) is 0 Å². The zero-order chi connectivity index (χ0) is 24.9. The topological polar surface area (TPSA) is 8.81 Å². The van der Waals surface area contributed by atoms with E-state index in [1.807, 2.05) is 15.5 Å². The molecule has 186 valence electrons. The maximum absolute atomic E-state index is 6.70. The number of imidazole rings is 1. The van der Waals surface area contributed by atoms with Gasteiger partial charge in [-0.15, -0.1) is 0 Å². The van der Waals surface area contributed by atoms with Crippen molar-refractivity contribution in [3.05, 3.63) is 137 Å². The van der Waals surface area contributed by atoms with E-state index < -0.39 is 0 Å². The van der Waals surface area contributed by atoms with Gasteiger partial charge in [-0.05, 0) is 114 Å². The molecule has 0 amide bonds. The Labute approximate surface area is 241 Å². The molecule has 7 rings (SSSR count). The van der Waals surface area contributed by atoms with E-state index in [0.29, 0.717) is 23.4 Å². The van der Waals surface area contributed by atoms with Crippen LogP contribution >= 0.6 is 23.2 Å². The Kier molecular flexibility index (Phi) is 6.61. The molecule has 0 fully saturated rings. The van der Waals surface area contributed by atoms with Crippen molar-refractivity contribution in [2.24, 2.45) is 0 Å². The first-order chi connectivity index (χ1) is 18.1. The average molecular weight is 598 g/mol. The second-order valence-corrected chi connectivity index (χ2v) is 10.4. The highest BCUT2D eigenvalue weighted by molar-refractivity contribution is 6.39. The Balaban J connectivity index is 0.00000264. The summed E-state index contributed by atoms with van der Waals surface area (Å²) in [6.45, 7) is 1.30. The number of aromatic nitrogens is 2. The molecule has 38 heavy (non-hydrogen) atoms. The molecule has 0 N–H and O–H groups in total. The van der Waals surface area contributed by atoms with Crippen LogP contribution in [-0.2, 0) is 13.1 Å². The van der Waals surface area contributed by atoms with E-state index >= 15 is 0 Å². The molecule has 0 radical (unpaired) electrons. The summed E-state index contributed by atoms with van der Waals surface area (Å²) in [5.41, 5.74) is 2.36. The molecule has 2 nitrogen and oxygen atoms in total. The Bertz CT molecular complexity index is 1830. The summed E-state index contributed by atoms with van der Waals surface area (Å²) >= 11 is 13.4. The van der Waals surface area contributed by atoms with Crippen molar-refractivity contribution in [1.29, 1.82) is 0 Å². The number of benzene rings is 6. The standard InChI is InChI=1S/C33H23Cl2N2.BrH/c34-32-33(35)37(20-23-10-12-29-16-25-6-2-4-8-27(25)18-31(29)14-23)21-36(32)19-22-9-11-28-15-24-5-1-3-7-26(24)17-30(28)13-22;/h1-18,21H,19-20H2;1H/q+1;/p-1. The van der Waals surface area contributed by atoms with Crippen molar-refractivity contribution < 1.29 is 21.5 Å². The van der Waals surface area contributed by atoms with E-state index in [9.17, 15) is 0 Å². The number of fused-ring (bicyclic) bond motifs is 4. The van der Waals surface area contributed by atoms with Crippen LogP contribution in [-0.4, -0.2) is 4.57 Å². The van der Waals surface area contributed by atoms with Crippen molar-refractivity contribution in [1.82, 2.24) is 4.57 Å². The molecular formula is C33H23BrCl2N2. The fraction of sp³-hybridized carbons (Fsp3) is 0.0606. The molecule has 0 spiro atoms. The number of hydrogen-bond donors (Lipinski definition) is 0. The number of nitrogens with zero attached hydrogens (tertiary/aromatic N) is 2. The first-order valence-electron chi connectivity index (χ1n) is 12.4. The largest absolute Gasteiger partial charge is 1.00 e. The fourth-order valence-electron chi connectivity index (χ4n) is 5.30. The zero-order valence-electron chi connectivity index (χ0n) is 20.4. The summed E-state index contributed by atoms with van der Waals surface area (Å²) in [7, 11) is 0. The third-order valence-corrected chi connectivity index (χ3v) is 8.09. The first kappa shape index (κ1) is 24.9. The maximum atomic E-state index is 6.70. The molecule has 0 unspecified atom stereocenters. The molecule has 1 aromatic heterocycles. The first-order valence-corrected chi connectivity index (χ1v) is 13.1. The van der Waals surface area contributed by atoms with Gasteiger partial charge in [-0.2, -0.15) is 0 Å². The van der Waals surface area contributed by atoms with Crippen LogP contribution in [0.2, 0.25) is 10.3 Å². The smallest absolute Gasteiger partial charge is 0.255 e. The van der Waals surface area contributed by atoms with Crippen LogP contribution in [0.25, 0.3) is 43.1 Å². The van der Waals surface area contributed by atoms with Gasteiger partial charge < -0.3 is 17.0 Å². The van der Waals surface area contributed by atoms with Crippen molar-refractivity contribution in [3.8, 4) is 0 Å². The van der Waals surface area contributed by atoms with E-state index in [1.54, 1.807) is 0 Å². The third kappa shape index (κ3) is 4.56. The normalized spacial score (nSPS) is 11.4. The molecule has 0 aliphatic carbocycles. The van der Waals surface area contributed by atoms with Crippen LogP contribution < -0.4 is 21.5 Å². The fourth-order valence-corrected chi connectivity index (χ4v) is 5.72. The van der Waals surface area contributed by atoms with Crippen LogP contribution in [0.4, 0.5) is 0 Å². The summed E-state index contributed by atoms with van der Waals surface area (Å²) < 4.78 is 4.03. The van der Waals surface area contributed by atoms with Gasteiger partial charge in [0.1, 0.15) is 13.1 Å². The van der Waals surface area contributed by atoms with Crippen LogP contribution in [0, 0.1) is 0 Å². The lowest BCUT2D eigenvalue weighted by Crippen LogP contribution is -3.00. The Morgan fingerprint density at radius 2 is 0.974 bits per heavy atom. The van der Waals surface area contributed by atoms with Gasteiger partial charge in [0.25, 0.3) is 10.3 Å². The van der Waals surface area contributed by atoms with Crippen molar-refractivity contribution in [2.45, 2.75) is 13.1 Å². The molecule has 0 saturated carbocycles. The summed E-state index contributed by atoms with van der Waals surface area (Å²) in [4.78, 5) is 0. The zero-order valence-corrected chi connectivity index (χ0v) is 23.5. The van der Waals surface area contributed by atoms with E-state index in [-0.39, 0.29) is 17.0 Å². The highest BCUT2D eigenvalue weighted by Gasteiger charge is 2.21. The average Bonchev–Trinajstić information content (AvgIpc) is 3.18. The van der Waals surface area contributed by atoms with Crippen LogP contribution in [0.1, 0.15) is 11.1 Å².